The van der Waals surface area contributed by atoms with E-state index in [0.717, 1.165) is 30.9 Å². The van der Waals surface area contributed by atoms with E-state index in [0.29, 0.717) is 27.2 Å². The van der Waals surface area contributed by atoms with Gasteiger partial charge >= 0.3 is 23.9 Å². The van der Waals surface area contributed by atoms with E-state index in [2.05, 4.69) is 101 Å². The Hall–Kier alpha value is -15.3. The second-order valence-electron chi connectivity index (χ2n) is 34.7. The van der Waals surface area contributed by atoms with Crippen LogP contribution in [0.3, 0.4) is 0 Å². The van der Waals surface area contributed by atoms with E-state index in [1.54, 1.807) is 6.07 Å². The lowest BCUT2D eigenvalue weighted by atomic mass is 9.99. The van der Waals surface area contributed by atoms with Gasteiger partial charge in [-0.05, 0) is 120 Å². The lowest BCUT2D eigenvalue weighted by molar-refractivity contribution is -0.146. The number of benzene rings is 2. The van der Waals surface area contributed by atoms with Crippen molar-refractivity contribution in [2.45, 2.75) is 258 Å². The molecular formula is C87H129N27O30S2. The number of carboxylic acid groups (broad SMARTS) is 4. The molecule has 59 heteroatoms. The van der Waals surface area contributed by atoms with Gasteiger partial charge in [0.05, 0.1) is 32.3 Å². The van der Waals surface area contributed by atoms with Gasteiger partial charge in [0, 0.05) is 56.8 Å². The Balaban J connectivity index is 1.83. The first kappa shape index (κ1) is 121. The molecule has 0 saturated carbocycles. The molecule has 3 aliphatic heterocycles. The second kappa shape index (κ2) is 61.0. The number of hydrogen-bond acceptors (Lipinski definition) is 31. The Bertz CT molecular complexity index is 5050. The Labute approximate surface area is 842 Å². The number of nitrogens with one attached hydrogen (secondary N) is 21. The molecule has 2 aromatic rings. The first-order valence-electron chi connectivity index (χ1n) is 46.3. The highest BCUT2D eigenvalue weighted by atomic mass is 33.1. The van der Waals surface area contributed by atoms with Gasteiger partial charge in [0.25, 0.3) is 0 Å². The average molecular weight is 2100 g/mol. The van der Waals surface area contributed by atoms with Crippen molar-refractivity contribution in [3.8, 4) is 5.75 Å². The van der Waals surface area contributed by atoms with Crippen molar-refractivity contribution in [1.82, 2.24) is 106 Å². The van der Waals surface area contributed by atoms with Crippen molar-refractivity contribution in [2.75, 3.05) is 44.3 Å². The number of rotatable bonds is 32. The van der Waals surface area contributed by atoms with Crippen LogP contribution in [0, 0.1) is 16.7 Å². The molecule has 0 spiro atoms. The van der Waals surface area contributed by atoms with E-state index in [1.807, 2.05) is 0 Å². The molecule has 0 radical (unpaired) electrons. The number of aromatic hydroxyl groups is 1. The molecule has 804 valence electrons. The number of nitrogens with zero attached hydrogens (tertiary/aromatic N) is 1. The molecule has 3 fully saturated rings. The first-order chi connectivity index (χ1) is 68.9. The number of aliphatic carboxylic acids is 4. The first-order valence-corrected chi connectivity index (χ1v) is 48.8. The van der Waals surface area contributed by atoms with Gasteiger partial charge in [0.15, 0.2) is 11.9 Å². The van der Waals surface area contributed by atoms with Gasteiger partial charge in [-0.2, -0.15) is 0 Å². The minimum absolute atomic E-state index is 0.000236. The molecule has 18 atom stereocenters. The standard InChI is InChI=1S/C87H129N27O30S2/c1-40(2)67-84(143)103-49(23-25-61(89)117)70(129)98-42(4)69(128)104-54(34-64(121)122)77(136)101-50(24-26-63(119)120)71(130)97-41(3)68(127)99-47(16-10-28-95-86(91)92)72(131)100-48(17-11-29-96-87(93)94)74(133)111-58-38-145-146-39-59(82(141)110-57(37-115)80(139)108-55(35-65(123)124)78(137)105-52(79(138)113-67)31-43-13-6-5-7-14-43)112-73(132)46(15-8-9-27-88)102-83(142)60-18-12-30-114(60)85(144)56(36-66(125)126)109-76(135)53(33-62(90)118)107-75(134)51(106-81(58)140)32-44-19-21-45(116)22-20-44/h5-7,13-14,19-22,40-42,46-60,67,115-116H,8-12,15-18,23-39,88H2,1-4H3,(H2,89,117)(H2,90,118)(H,97,130)(H,98,129)(H,99,127)(H,100,131)(H,101,136)(H,102,142)(H,103,143)(H,104,128)(H,105,137)(H,106,140)(H,107,134)(H,108,139)(H,109,135)(H,110,141)(H,111,133)(H,112,132)(H,113,138)(H,119,120)(H,121,122)(H,123,124)(H,125,126)(H4,91,92,95)(H4,93,94,96)/t41-,42?,46-,47-,48-,49-,50-,51-,52-,53?,54?,55-,56-,57-,58-,59-,60-,67-/m0/s1. The summed E-state index contributed by atoms with van der Waals surface area (Å²) in [6.07, 6.45) is -10.7. The summed E-state index contributed by atoms with van der Waals surface area (Å²) in [4.78, 5) is 342. The Morgan fingerprint density at radius 1 is 0.390 bits per heavy atom. The SMILES string of the molecule is CC1NC(=O)[C@H](CCC(N)=O)NC(=O)[C@H](C(C)C)NC(=O)[C@H](Cc2ccccc2)NC(=O)[C@H](CC(=O)O)NC(=O)[C@H](CO)NC(=O)[C@@H]2CSSC[C@H](NC(=O)[C@H](CCCNC(=N)N)NC(=O)[C@H](CCCNC(=N)N)NC(=O)[C@H](C)NC(=O)[C@H](CCC(=O)O)NC(=O)C(CC(=O)O)NC1=O)C(=O)N[C@@H](Cc1ccc(O)cc1)C(=O)NC(CC(N)=O)C(=O)N[C@@H](CC(=O)O)C(=O)N1CCC[C@H]1C(=O)N[C@@H](CCCCN)C(=O)N2. The fourth-order valence-electron chi connectivity index (χ4n) is 14.8. The van der Waals surface area contributed by atoms with Crippen molar-refractivity contribution in [3.63, 3.8) is 0 Å². The number of carbonyl (C=O) groups is 24. The van der Waals surface area contributed by atoms with E-state index in [4.69, 9.17) is 39.5 Å². The maximum Gasteiger partial charge on any atom is 0.305 e. The molecule has 146 heavy (non-hydrogen) atoms. The van der Waals surface area contributed by atoms with Crippen LogP contribution in [0.15, 0.2) is 54.6 Å². The zero-order valence-corrected chi connectivity index (χ0v) is 81.8. The molecule has 3 heterocycles. The van der Waals surface area contributed by atoms with E-state index in [1.165, 1.54) is 50.2 Å². The van der Waals surface area contributed by atoms with Gasteiger partial charge < -0.3 is 165 Å². The van der Waals surface area contributed by atoms with Crippen LogP contribution in [0.4, 0.5) is 0 Å². The molecule has 20 amide bonds. The van der Waals surface area contributed by atoms with Crippen LogP contribution in [0.1, 0.15) is 148 Å². The van der Waals surface area contributed by atoms with Crippen molar-refractivity contribution < 1.29 is 146 Å². The second-order valence-corrected chi connectivity index (χ2v) is 37.3. The van der Waals surface area contributed by atoms with Gasteiger partial charge in [-0.25, -0.2) is 0 Å². The van der Waals surface area contributed by atoms with Crippen LogP contribution in [-0.2, 0) is 128 Å². The van der Waals surface area contributed by atoms with Gasteiger partial charge in [0.1, 0.15) is 115 Å². The largest absolute Gasteiger partial charge is 0.508 e. The molecule has 5 rings (SSSR count). The summed E-state index contributed by atoms with van der Waals surface area (Å²) >= 11 is 0. The highest BCUT2D eigenvalue weighted by molar-refractivity contribution is 8.76. The van der Waals surface area contributed by atoms with Crippen molar-refractivity contribution >= 4 is 176 Å². The lowest BCUT2D eigenvalue weighted by Crippen LogP contribution is -2.62. The van der Waals surface area contributed by atoms with E-state index in [9.17, 15) is 117 Å². The predicted molar refractivity (Wildman–Crippen MR) is 515 cm³/mol. The summed E-state index contributed by atoms with van der Waals surface area (Å²) in [5.74, 6) is -37.0. The van der Waals surface area contributed by atoms with Crippen LogP contribution >= 0.6 is 21.6 Å². The molecule has 2 bridgehead atoms. The molecular weight excluding hydrogens is 1970 g/mol. The third kappa shape index (κ3) is 42.3. The van der Waals surface area contributed by atoms with E-state index >= 15 is 28.8 Å². The zero-order valence-electron chi connectivity index (χ0n) is 80.2. The van der Waals surface area contributed by atoms with Crippen molar-refractivity contribution in [1.29, 1.82) is 10.8 Å². The number of phenols is 1. The van der Waals surface area contributed by atoms with Crippen LogP contribution in [0.5, 0.6) is 5.75 Å². The number of phenolic OH excluding ortho intramolecular Hbond substituents is 1. The third-order valence-corrected chi connectivity index (χ3v) is 25.0. The molecule has 0 aliphatic carbocycles. The molecule has 3 unspecified atom stereocenters. The number of carbonyl (C=O) groups excluding carboxylic acids is 20. The highest BCUT2D eigenvalue weighted by Gasteiger charge is 2.45. The summed E-state index contributed by atoms with van der Waals surface area (Å²) in [5, 5.41) is 122. The van der Waals surface area contributed by atoms with Crippen LogP contribution in [0.25, 0.3) is 0 Å². The normalized spacial score (nSPS) is 25.5. The van der Waals surface area contributed by atoms with Gasteiger partial charge in [-0.3, -0.25) is 126 Å². The van der Waals surface area contributed by atoms with Crippen molar-refractivity contribution in [2.24, 2.45) is 34.6 Å². The molecule has 2 aromatic carbocycles. The van der Waals surface area contributed by atoms with Crippen LogP contribution < -0.4 is 130 Å². The third-order valence-electron chi connectivity index (χ3n) is 22.6. The smallest absolute Gasteiger partial charge is 0.305 e. The number of hydrogen-bond donors (Lipinski definition) is 32. The van der Waals surface area contributed by atoms with E-state index < -0.39 is 364 Å². The maximum absolute atomic E-state index is 15.6. The summed E-state index contributed by atoms with van der Waals surface area (Å²) in [7, 11) is 1.16. The monoisotopic (exact) mass is 2100 g/mol. The number of nitrogens with two attached hydrogens (primary N) is 5. The van der Waals surface area contributed by atoms with Crippen LogP contribution in [-0.4, -0.2) is 343 Å². The topological polar surface area (TPSA) is 941 Å². The predicted octanol–water partition coefficient (Wildman–Crippen LogP) is -11.4. The molecule has 37 N–H and O–H groups in total. The lowest BCUT2D eigenvalue weighted by Gasteiger charge is -2.30. The number of primary amides is 2. The Kier molecular flexibility index (Phi) is 50.6. The fraction of sp³-hybridized carbons (Fsp3) is 0.563. The number of aliphatic hydroxyl groups excluding tert-OH is 1. The molecule has 0 aromatic heterocycles. The van der Waals surface area contributed by atoms with Gasteiger partial charge in [-0.15, -0.1) is 0 Å². The highest BCUT2D eigenvalue weighted by Crippen LogP contribution is 2.26. The van der Waals surface area contributed by atoms with Gasteiger partial charge in [0.2, 0.25) is 118 Å². The summed E-state index contributed by atoms with van der Waals surface area (Å²) in [6, 6.07) is -23.0. The Morgan fingerprint density at radius 2 is 0.747 bits per heavy atom. The number of amides is 20. The summed E-state index contributed by atoms with van der Waals surface area (Å²) in [6.45, 7) is 2.67. The molecule has 57 nitrogen and oxygen atoms in total. The Morgan fingerprint density at radius 3 is 1.19 bits per heavy atom. The zero-order chi connectivity index (χ0) is 109. The minimum Gasteiger partial charge on any atom is -0.508 e. The molecule has 3 saturated heterocycles. The number of aliphatic hydroxyl groups is 1. The average Bonchev–Trinajstić information content (AvgIpc) is 1.65. The molecule has 3 aliphatic rings. The number of carboxylic acids is 4. The minimum atomic E-state index is -2.28. The maximum atomic E-state index is 15.6. The van der Waals surface area contributed by atoms with Gasteiger partial charge in [-0.1, -0.05) is 77.9 Å². The van der Waals surface area contributed by atoms with Crippen LogP contribution in [0.2, 0.25) is 0 Å². The van der Waals surface area contributed by atoms with E-state index in [-0.39, 0.29) is 82.4 Å². The quantitative estimate of drug-likeness (QED) is 0.0140. The summed E-state index contributed by atoms with van der Waals surface area (Å²) < 4.78 is 0. The fourth-order valence-corrected chi connectivity index (χ4v) is 17.2. The number of fused-ring (bicyclic) bond motifs is 6. The summed E-state index contributed by atoms with van der Waals surface area (Å²) in [5.41, 5.74) is 28.5. The van der Waals surface area contributed by atoms with Crippen molar-refractivity contribution in [3.05, 3.63) is 65.7 Å². The number of unbranched alkanes of at least 4 members (excludes halogenated alkanes) is 1. The number of guanidine groups is 2.